The van der Waals surface area contributed by atoms with Gasteiger partial charge < -0.3 is 15.0 Å². The first-order valence-corrected chi connectivity index (χ1v) is 8.11. The molecular weight excluding hydrogens is 330 g/mol. The van der Waals surface area contributed by atoms with Crippen LogP contribution in [0.25, 0.3) is 11.3 Å². The Hall–Kier alpha value is -2.48. The van der Waals surface area contributed by atoms with Crippen LogP contribution in [-0.4, -0.2) is 54.3 Å². The van der Waals surface area contributed by atoms with Crippen molar-refractivity contribution in [3.8, 4) is 17.0 Å². The lowest BCUT2D eigenvalue weighted by Crippen LogP contribution is -2.30. The van der Waals surface area contributed by atoms with Gasteiger partial charge in [-0.15, -0.1) is 0 Å². The lowest BCUT2D eigenvalue weighted by atomic mass is 10.1. The van der Waals surface area contributed by atoms with E-state index < -0.39 is 6.61 Å². The van der Waals surface area contributed by atoms with Crippen molar-refractivity contribution in [2.75, 3.05) is 26.7 Å². The SMILES string of the molecule is CNCC1CCN(C(=O)c2cn[nH]c2-c2cccc(OC(F)F)c2)C1. The van der Waals surface area contributed by atoms with Crippen molar-refractivity contribution in [1.82, 2.24) is 20.4 Å². The molecule has 1 atom stereocenters. The number of nitrogens with zero attached hydrogens (tertiary/aromatic N) is 2. The first-order chi connectivity index (χ1) is 12.1. The predicted octanol–water partition coefficient (Wildman–Crippen LogP) is 2.36. The van der Waals surface area contributed by atoms with E-state index in [2.05, 4.69) is 20.3 Å². The van der Waals surface area contributed by atoms with Crippen LogP contribution in [0.3, 0.4) is 0 Å². The molecule has 0 aliphatic carbocycles. The monoisotopic (exact) mass is 350 g/mol. The summed E-state index contributed by atoms with van der Waals surface area (Å²) < 4.78 is 29.2. The average molecular weight is 350 g/mol. The summed E-state index contributed by atoms with van der Waals surface area (Å²) in [6, 6.07) is 6.22. The van der Waals surface area contributed by atoms with Gasteiger partial charge in [-0.1, -0.05) is 12.1 Å². The molecule has 1 aliphatic rings. The quantitative estimate of drug-likeness (QED) is 0.839. The van der Waals surface area contributed by atoms with E-state index in [0.29, 0.717) is 35.8 Å². The van der Waals surface area contributed by atoms with Crippen LogP contribution in [0.1, 0.15) is 16.8 Å². The summed E-state index contributed by atoms with van der Waals surface area (Å²) in [6.07, 6.45) is 2.43. The fourth-order valence-corrected chi connectivity index (χ4v) is 3.14. The minimum Gasteiger partial charge on any atom is -0.435 e. The molecule has 1 aliphatic heterocycles. The number of aromatic nitrogens is 2. The van der Waals surface area contributed by atoms with E-state index in [1.54, 1.807) is 17.0 Å². The molecule has 1 fully saturated rings. The van der Waals surface area contributed by atoms with Gasteiger partial charge in [0.1, 0.15) is 5.75 Å². The smallest absolute Gasteiger partial charge is 0.387 e. The van der Waals surface area contributed by atoms with Gasteiger partial charge in [0.15, 0.2) is 0 Å². The molecule has 1 aromatic heterocycles. The van der Waals surface area contributed by atoms with Crippen LogP contribution in [0, 0.1) is 5.92 Å². The molecule has 0 spiro atoms. The van der Waals surface area contributed by atoms with E-state index >= 15 is 0 Å². The molecule has 6 nitrogen and oxygen atoms in total. The highest BCUT2D eigenvalue weighted by Gasteiger charge is 2.28. The highest BCUT2D eigenvalue weighted by molar-refractivity contribution is 6.00. The van der Waals surface area contributed by atoms with Crippen molar-refractivity contribution in [3.63, 3.8) is 0 Å². The van der Waals surface area contributed by atoms with Crippen molar-refractivity contribution in [2.24, 2.45) is 5.92 Å². The number of alkyl halides is 2. The Balaban J connectivity index is 1.80. The Morgan fingerprint density at radius 2 is 2.36 bits per heavy atom. The van der Waals surface area contributed by atoms with Gasteiger partial charge in [-0.05, 0) is 38.1 Å². The molecule has 2 heterocycles. The lowest BCUT2D eigenvalue weighted by Gasteiger charge is -2.16. The lowest BCUT2D eigenvalue weighted by molar-refractivity contribution is -0.0498. The Labute approximate surface area is 144 Å². The van der Waals surface area contributed by atoms with Crippen molar-refractivity contribution in [2.45, 2.75) is 13.0 Å². The molecule has 1 aromatic carbocycles. The van der Waals surface area contributed by atoms with Crippen LogP contribution >= 0.6 is 0 Å². The predicted molar refractivity (Wildman–Crippen MR) is 88.6 cm³/mol. The summed E-state index contributed by atoms with van der Waals surface area (Å²) >= 11 is 0. The number of carbonyl (C=O) groups is 1. The van der Waals surface area contributed by atoms with Crippen molar-refractivity contribution < 1.29 is 18.3 Å². The summed E-state index contributed by atoms with van der Waals surface area (Å²) in [6.45, 7) is -0.634. The number of amides is 1. The first-order valence-electron chi connectivity index (χ1n) is 8.11. The van der Waals surface area contributed by atoms with Crippen LogP contribution in [-0.2, 0) is 0 Å². The van der Waals surface area contributed by atoms with Gasteiger partial charge >= 0.3 is 6.61 Å². The molecule has 1 unspecified atom stereocenters. The van der Waals surface area contributed by atoms with Crippen LogP contribution in [0.15, 0.2) is 30.5 Å². The number of hydrogen-bond acceptors (Lipinski definition) is 4. The number of rotatable bonds is 6. The topological polar surface area (TPSA) is 70.2 Å². The van der Waals surface area contributed by atoms with Gasteiger partial charge in [0, 0.05) is 18.7 Å². The standard InChI is InChI=1S/C17H20F2N4O2/c1-20-8-11-5-6-23(10-11)16(24)14-9-21-22-15(14)12-3-2-4-13(7-12)25-17(18)19/h2-4,7,9,11,17,20H,5-6,8,10H2,1H3,(H,21,22). The van der Waals surface area contributed by atoms with Crippen LogP contribution in [0.2, 0.25) is 0 Å². The summed E-state index contributed by atoms with van der Waals surface area (Å²) in [5.74, 6) is 0.366. The molecule has 0 saturated carbocycles. The molecule has 3 rings (SSSR count). The summed E-state index contributed by atoms with van der Waals surface area (Å²) in [5, 5.41) is 9.88. The minimum absolute atomic E-state index is 0.0377. The fourth-order valence-electron chi connectivity index (χ4n) is 3.14. The van der Waals surface area contributed by atoms with Gasteiger partial charge in [0.25, 0.3) is 5.91 Å². The number of benzene rings is 1. The van der Waals surface area contributed by atoms with E-state index in [0.717, 1.165) is 13.0 Å². The van der Waals surface area contributed by atoms with Crippen molar-refractivity contribution >= 4 is 5.91 Å². The molecule has 8 heteroatoms. The van der Waals surface area contributed by atoms with Crippen LogP contribution in [0.4, 0.5) is 8.78 Å². The second-order valence-electron chi connectivity index (χ2n) is 6.03. The van der Waals surface area contributed by atoms with Crippen LogP contribution < -0.4 is 10.1 Å². The molecule has 0 radical (unpaired) electrons. The summed E-state index contributed by atoms with van der Waals surface area (Å²) in [4.78, 5) is 14.6. The molecule has 1 saturated heterocycles. The Morgan fingerprint density at radius 1 is 1.52 bits per heavy atom. The number of likely N-dealkylation sites (tertiary alicyclic amines) is 1. The van der Waals surface area contributed by atoms with Crippen LogP contribution in [0.5, 0.6) is 5.75 Å². The largest absolute Gasteiger partial charge is 0.435 e. The number of nitrogens with one attached hydrogen (secondary N) is 2. The first kappa shape index (κ1) is 17.3. The molecule has 2 aromatic rings. The molecular formula is C17H20F2N4O2. The number of aromatic amines is 1. The number of hydrogen-bond donors (Lipinski definition) is 2. The zero-order chi connectivity index (χ0) is 17.8. The van der Waals surface area contributed by atoms with Gasteiger partial charge in [-0.2, -0.15) is 13.9 Å². The van der Waals surface area contributed by atoms with E-state index in [1.165, 1.54) is 18.3 Å². The highest BCUT2D eigenvalue weighted by atomic mass is 19.3. The highest BCUT2D eigenvalue weighted by Crippen LogP contribution is 2.28. The number of carbonyl (C=O) groups excluding carboxylic acids is 1. The number of halogens is 2. The third-order valence-electron chi connectivity index (χ3n) is 4.28. The van der Waals surface area contributed by atoms with E-state index in [9.17, 15) is 13.6 Å². The van der Waals surface area contributed by atoms with Gasteiger partial charge in [-0.3, -0.25) is 9.89 Å². The maximum Gasteiger partial charge on any atom is 0.387 e. The minimum atomic E-state index is -2.90. The third-order valence-corrected chi connectivity index (χ3v) is 4.28. The Morgan fingerprint density at radius 3 is 3.12 bits per heavy atom. The fraction of sp³-hybridized carbons (Fsp3) is 0.412. The normalized spacial score (nSPS) is 17.3. The third kappa shape index (κ3) is 3.96. The van der Waals surface area contributed by atoms with Gasteiger partial charge in [0.05, 0.1) is 17.5 Å². The second-order valence-corrected chi connectivity index (χ2v) is 6.03. The van der Waals surface area contributed by atoms with Crippen molar-refractivity contribution in [1.29, 1.82) is 0 Å². The molecule has 0 bridgehead atoms. The summed E-state index contributed by atoms with van der Waals surface area (Å²) in [5.41, 5.74) is 1.51. The zero-order valence-electron chi connectivity index (χ0n) is 13.8. The van der Waals surface area contributed by atoms with E-state index in [1.807, 2.05) is 7.05 Å². The second kappa shape index (κ2) is 7.60. The number of ether oxygens (including phenoxy) is 1. The summed E-state index contributed by atoms with van der Waals surface area (Å²) in [7, 11) is 1.90. The van der Waals surface area contributed by atoms with Gasteiger partial charge in [-0.25, -0.2) is 0 Å². The Bertz CT molecular complexity index is 735. The van der Waals surface area contributed by atoms with E-state index in [4.69, 9.17) is 0 Å². The number of H-pyrrole nitrogens is 1. The van der Waals surface area contributed by atoms with E-state index in [-0.39, 0.29) is 11.7 Å². The molecule has 25 heavy (non-hydrogen) atoms. The maximum atomic E-state index is 12.8. The maximum absolute atomic E-state index is 12.8. The molecule has 134 valence electrons. The average Bonchev–Trinajstić information content (AvgIpc) is 3.23. The zero-order valence-corrected chi connectivity index (χ0v) is 13.8. The molecule has 2 N–H and O–H groups in total. The molecule has 1 amide bonds. The van der Waals surface area contributed by atoms with Crippen molar-refractivity contribution in [3.05, 3.63) is 36.0 Å². The Kier molecular flexibility index (Phi) is 5.28. The van der Waals surface area contributed by atoms with Gasteiger partial charge in [0.2, 0.25) is 0 Å².